The van der Waals surface area contributed by atoms with Crippen LogP contribution in [0.5, 0.6) is 0 Å². The summed E-state index contributed by atoms with van der Waals surface area (Å²) in [5.41, 5.74) is 3.59. The maximum absolute atomic E-state index is 12.1. The van der Waals surface area contributed by atoms with Gasteiger partial charge in [0.05, 0.1) is 6.20 Å². The van der Waals surface area contributed by atoms with Crippen LogP contribution in [0.1, 0.15) is 36.5 Å². The van der Waals surface area contributed by atoms with Gasteiger partial charge < -0.3 is 5.32 Å². The number of carbonyl (C=O) groups excluding carboxylic acids is 1. The van der Waals surface area contributed by atoms with Crippen LogP contribution in [0.25, 0.3) is 0 Å². The largest absolute Gasteiger partial charge is 0.324 e. The van der Waals surface area contributed by atoms with E-state index in [1.807, 2.05) is 33.8 Å². The number of aromatic nitrogens is 2. The zero-order valence-electron chi connectivity index (χ0n) is 12.5. The van der Waals surface area contributed by atoms with E-state index in [4.69, 9.17) is 11.6 Å². The number of benzene rings is 1. The zero-order valence-corrected chi connectivity index (χ0v) is 13.3. The molecule has 2 aromatic rings. The normalized spacial score (nSPS) is 10.8. The molecule has 2 rings (SSSR count). The standard InChI is InChI=1S/C15H19ClN4O/c1-8(2)11-7-17-20-14(11)19-15(21)18-13-6-12(16)9(3)5-10(13)4/h5-8H,1-4H3,(H3,17,18,19,20,21). The highest BCUT2D eigenvalue weighted by Crippen LogP contribution is 2.25. The molecule has 0 fully saturated rings. The van der Waals surface area contributed by atoms with E-state index in [0.29, 0.717) is 16.5 Å². The van der Waals surface area contributed by atoms with Crippen molar-refractivity contribution in [3.8, 4) is 0 Å². The molecule has 0 aliphatic carbocycles. The number of amides is 2. The molecular formula is C15H19ClN4O. The molecule has 0 spiro atoms. The Balaban J connectivity index is 2.12. The Morgan fingerprint density at radius 2 is 1.95 bits per heavy atom. The van der Waals surface area contributed by atoms with Crippen molar-refractivity contribution in [2.45, 2.75) is 33.6 Å². The van der Waals surface area contributed by atoms with Crippen LogP contribution in [0, 0.1) is 13.8 Å². The topological polar surface area (TPSA) is 69.8 Å². The maximum atomic E-state index is 12.1. The summed E-state index contributed by atoms with van der Waals surface area (Å²) in [5.74, 6) is 0.882. The Hall–Kier alpha value is -2.01. The van der Waals surface area contributed by atoms with Gasteiger partial charge in [-0.1, -0.05) is 31.5 Å². The lowest BCUT2D eigenvalue weighted by atomic mass is 10.1. The number of urea groups is 1. The number of rotatable bonds is 3. The highest BCUT2D eigenvalue weighted by atomic mass is 35.5. The quantitative estimate of drug-likeness (QED) is 0.784. The summed E-state index contributed by atoms with van der Waals surface area (Å²) in [5, 5.41) is 12.9. The van der Waals surface area contributed by atoms with E-state index in [1.165, 1.54) is 0 Å². The molecular weight excluding hydrogens is 288 g/mol. The predicted octanol–water partition coefficient (Wildman–Crippen LogP) is 4.45. The molecule has 6 heteroatoms. The average Bonchev–Trinajstić information content (AvgIpc) is 2.84. The molecule has 2 amide bonds. The van der Waals surface area contributed by atoms with Crippen LogP contribution >= 0.6 is 11.6 Å². The van der Waals surface area contributed by atoms with Crippen molar-refractivity contribution in [3.63, 3.8) is 0 Å². The monoisotopic (exact) mass is 306 g/mol. The molecule has 5 nitrogen and oxygen atoms in total. The van der Waals surface area contributed by atoms with Crippen molar-refractivity contribution >= 4 is 29.1 Å². The van der Waals surface area contributed by atoms with Gasteiger partial charge in [-0.15, -0.1) is 0 Å². The molecule has 0 atom stereocenters. The Labute approximate surface area is 129 Å². The molecule has 0 radical (unpaired) electrons. The summed E-state index contributed by atoms with van der Waals surface area (Å²) in [6, 6.07) is 3.36. The van der Waals surface area contributed by atoms with Gasteiger partial charge in [0.2, 0.25) is 0 Å². The number of hydrogen-bond donors (Lipinski definition) is 3. The summed E-state index contributed by atoms with van der Waals surface area (Å²) in [4.78, 5) is 12.1. The van der Waals surface area contributed by atoms with Crippen LogP contribution in [0.3, 0.4) is 0 Å². The molecule has 1 heterocycles. The van der Waals surface area contributed by atoms with Crippen LogP contribution in [-0.2, 0) is 0 Å². The van der Waals surface area contributed by atoms with Crippen LogP contribution < -0.4 is 10.6 Å². The SMILES string of the molecule is Cc1cc(C)c(NC(=O)Nc2[nH]ncc2C(C)C)cc1Cl. The van der Waals surface area contributed by atoms with Gasteiger partial charge in [0.15, 0.2) is 0 Å². The number of carbonyl (C=O) groups is 1. The summed E-state index contributed by atoms with van der Waals surface area (Å²) in [7, 11) is 0. The van der Waals surface area contributed by atoms with E-state index in [-0.39, 0.29) is 11.9 Å². The number of hydrogen-bond acceptors (Lipinski definition) is 2. The summed E-state index contributed by atoms with van der Waals surface area (Å²) in [6.45, 7) is 7.93. The van der Waals surface area contributed by atoms with Gasteiger partial charge in [-0.05, 0) is 37.0 Å². The van der Waals surface area contributed by atoms with Gasteiger partial charge in [-0.3, -0.25) is 10.4 Å². The van der Waals surface area contributed by atoms with E-state index in [0.717, 1.165) is 16.7 Å². The molecule has 0 aliphatic rings. The van der Waals surface area contributed by atoms with Crippen molar-refractivity contribution in [3.05, 3.63) is 40.0 Å². The highest BCUT2D eigenvalue weighted by molar-refractivity contribution is 6.31. The third-order valence-corrected chi connectivity index (χ3v) is 3.69. The van der Waals surface area contributed by atoms with Crippen LogP contribution in [0.15, 0.2) is 18.3 Å². The fourth-order valence-electron chi connectivity index (χ4n) is 2.06. The third-order valence-electron chi connectivity index (χ3n) is 3.28. The van der Waals surface area contributed by atoms with Crippen LogP contribution in [0.4, 0.5) is 16.3 Å². The van der Waals surface area contributed by atoms with E-state index in [9.17, 15) is 4.79 Å². The summed E-state index contributed by atoms with van der Waals surface area (Å²) >= 11 is 6.09. The van der Waals surface area contributed by atoms with E-state index in [2.05, 4.69) is 20.8 Å². The lowest BCUT2D eigenvalue weighted by Crippen LogP contribution is -2.21. The summed E-state index contributed by atoms with van der Waals surface area (Å²) < 4.78 is 0. The molecule has 21 heavy (non-hydrogen) atoms. The first kappa shape index (κ1) is 15.4. The van der Waals surface area contributed by atoms with Crippen LogP contribution in [-0.4, -0.2) is 16.2 Å². The van der Waals surface area contributed by atoms with Gasteiger partial charge in [0.1, 0.15) is 5.82 Å². The highest BCUT2D eigenvalue weighted by Gasteiger charge is 2.13. The molecule has 3 N–H and O–H groups in total. The fraction of sp³-hybridized carbons (Fsp3) is 0.333. The second kappa shape index (κ2) is 6.18. The molecule has 0 saturated carbocycles. The van der Waals surface area contributed by atoms with E-state index in [1.54, 1.807) is 12.3 Å². The van der Waals surface area contributed by atoms with Crippen molar-refractivity contribution < 1.29 is 4.79 Å². The first-order valence-electron chi connectivity index (χ1n) is 6.76. The number of nitrogens with one attached hydrogen (secondary N) is 3. The minimum absolute atomic E-state index is 0.273. The Kier molecular flexibility index (Phi) is 4.53. The molecule has 1 aromatic heterocycles. The maximum Gasteiger partial charge on any atom is 0.324 e. The summed E-state index contributed by atoms with van der Waals surface area (Å²) in [6.07, 6.45) is 1.72. The Morgan fingerprint density at radius 3 is 2.62 bits per heavy atom. The molecule has 112 valence electrons. The van der Waals surface area contributed by atoms with Gasteiger partial charge in [0.25, 0.3) is 0 Å². The minimum Gasteiger partial charge on any atom is -0.307 e. The third kappa shape index (κ3) is 3.55. The second-order valence-electron chi connectivity index (χ2n) is 5.35. The first-order valence-corrected chi connectivity index (χ1v) is 7.14. The van der Waals surface area contributed by atoms with Crippen molar-refractivity contribution in [1.82, 2.24) is 10.2 Å². The van der Waals surface area contributed by atoms with Crippen molar-refractivity contribution in [2.24, 2.45) is 0 Å². The van der Waals surface area contributed by atoms with Crippen molar-refractivity contribution in [2.75, 3.05) is 10.6 Å². The van der Waals surface area contributed by atoms with Crippen LogP contribution in [0.2, 0.25) is 5.02 Å². The van der Waals surface area contributed by atoms with Gasteiger partial charge in [0, 0.05) is 16.3 Å². The Bertz CT molecular complexity index is 664. The lowest BCUT2D eigenvalue weighted by molar-refractivity contribution is 0.262. The average molecular weight is 307 g/mol. The number of aryl methyl sites for hydroxylation is 2. The van der Waals surface area contributed by atoms with Gasteiger partial charge in [-0.25, -0.2) is 4.79 Å². The van der Waals surface area contributed by atoms with Gasteiger partial charge in [-0.2, -0.15) is 5.10 Å². The fourth-order valence-corrected chi connectivity index (χ4v) is 2.22. The first-order chi connectivity index (χ1) is 9.88. The number of H-pyrrole nitrogens is 1. The second-order valence-corrected chi connectivity index (χ2v) is 5.76. The van der Waals surface area contributed by atoms with Gasteiger partial charge >= 0.3 is 6.03 Å². The van der Waals surface area contributed by atoms with E-state index < -0.39 is 0 Å². The lowest BCUT2D eigenvalue weighted by Gasteiger charge is -2.12. The molecule has 0 aliphatic heterocycles. The molecule has 1 aromatic carbocycles. The number of anilines is 2. The zero-order chi connectivity index (χ0) is 15.6. The number of aromatic amines is 1. The number of nitrogens with zero attached hydrogens (tertiary/aromatic N) is 1. The predicted molar refractivity (Wildman–Crippen MR) is 86.2 cm³/mol. The van der Waals surface area contributed by atoms with Crippen molar-refractivity contribution in [1.29, 1.82) is 0 Å². The molecule has 0 saturated heterocycles. The minimum atomic E-state index is -0.329. The number of halogens is 1. The smallest absolute Gasteiger partial charge is 0.307 e. The Morgan fingerprint density at radius 1 is 1.24 bits per heavy atom. The van der Waals surface area contributed by atoms with E-state index >= 15 is 0 Å². The molecule has 0 unspecified atom stereocenters. The molecule has 0 bridgehead atoms.